The molecule has 0 aliphatic carbocycles. The van der Waals surface area contributed by atoms with E-state index in [-0.39, 0.29) is 11.6 Å². The molecular weight excluding hydrogens is 329 g/mol. The summed E-state index contributed by atoms with van der Waals surface area (Å²) in [6.45, 7) is -0.511. The fourth-order valence-electron chi connectivity index (χ4n) is 2.17. The molecule has 0 aromatic heterocycles. The molecule has 0 spiro atoms. The summed E-state index contributed by atoms with van der Waals surface area (Å²) < 4.78 is 23.5. The molecule has 0 fully saturated rings. The molecule has 0 radical (unpaired) electrons. The summed E-state index contributed by atoms with van der Waals surface area (Å²) in [5.41, 5.74) is 0.817. The Morgan fingerprint density at radius 2 is 2.04 bits per heavy atom. The molecule has 0 unspecified atom stereocenters. The third kappa shape index (κ3) is 3.89. The van der Waals surface area contributed by atoms with Gasteiger partial charge in [0.25, 0.3) is 0 Å². The molecule has 6 nitrogen and oxygen atoms in total. The highest BCUT2D eigenvalue weighted by Crippen LogP contribution is 2.24. The summed E-state index contributed by atoms with van der Waals surface area (Å²) in [5, 5.41) is 8.71. The average Bonchev–Trinajstić information content (AvgIpc) is 2.95. The number of hydrogen-bond acceptors (Lipinski definition) is 5. The van der Waals surface area contributed by atoms with Gasteiger partial charge in [-0.2, -0.15) is 0 Å². The number of esters is 1. The van der Waals surface area contributed by atoms with Gasteiger partial charge in [0, 0.05) is 11.1 Å². The molecule has 1 aliphatic heterocycles. The van der Waals surface area contributed by atoms with Gasteiger partial charge in [-0.1, -0.05) is 24.3 Å². The minimum Gasteiger partial charge on any atom is -0.481 e. The quantitative estimate of drug-likeness (QED) is 0.667. The first-order valence-electron chi connectivity index (χ1n) is 7.25. The van der Waals surface area contributed by atoms with Crippen LogP contribution in [0.3, 0.4) is 0 Å². The number of cyclic esters (lactones) is 1. The number of aliphatic carboxylic acids is 1. The number of carbonyl (C=O) groups excluding carboxylic acids is 1. The van der Waals surface area contributed by atoms with Gasteiger partial charge in [0.1, 0.15) is 11.6 Å². The number of carbonyl (C=O) groups is 2. The van der Waals surface area contributed by atoms with Crippen LogP contribution in [0.15, 0.2) is 59.2 Å². The summed E-state index contributed by atoms with van der Waals surface area (Å²) >= 11 is 0. The van der Waals surface area contributed by atoms with Gasteiger partial charge in [0.15, 0.2) is 12.3 Å². The van der Waals surface area contributed by atoms with Crippen LogP contribution in [0.1, 0.15) is 11.1 Å². The molecule has 0 saturated heterocycles. The van der Waals surface area contributed by atoms with Crippen LogP contribution in [-0.4, -0.2) is 29.5 Å². The molecule has 1 heterocycles. The molecule has 0 saturated carbocycles. The third-order valence-electron chi connectivity index (χ3n) is 3.25. The van der Waals surface area contributed by atoms with E-state index in [9.17, 15) is 14.0 Å². The Balaban J connectivity index is 1.91. The number of carboxylic acids is 1. The maximum absolute atomic E-state index is 13.3. The number of ether oxygens (including phenoxy) is 2. The smallest absolute Gasteiger partial charge is 0.363 e. The number of nitrogens with zero attached hydrogens (tertiary/aromatic N) is 1. The number of halogens is 1. The highest BCUT2D eigenvalue weighted by atomic mass is 19.1. The Labute approximate surface area is 141 Å². The highest BCUT2D eigenvalue weighted by molar-refractivity contribution is 6.12. The van der Waals surface area contributed by atoms with E-state index < -0.39 is 24.4 Å². The molecule has 0 amide bonds. The third-order valence-corrected chi connectivity index (χ3v) is 3.25. The molecule has 25 heavy (non-hydrogen) atoms. The van der Waals surface area contributed by atoms with E-state index in [1.165, 1.54) is 24.3 Å². The van der Waals surface area contributed by atoms with Crippen LogP contribution in [0.25, 0.3) is 6.08 Å². The van der Waals surface area contributed by atoms with Crippen molar-refractivity contribution in [2.45, 2.75) is 0 Å². The van der Waals surface area contributed by atoms with E-state index >= 15 is 0 Å². The summed E-state index contributed by atoms with van der Waals surface area (Å²) in [4.78, 5) is 26.7. The van der Waals surface area contributed by atoms with Gasteiger partial charge in [0.2, 0.25) is 5.90 Å². The van der Waals surface area contributed by atoms with Crippen molar-refractivity contribution in [1.29, 1.82) is 0 Å². The number of benzene rings is 2. The zero-order valence-corrected chi connectivity index (χ0v) is 12.8. The molecule has 126 valence electrons. The van der Waals surface area contributed by atoms with Crippen molar-refractivity contribution in [3.63, 3.8) is 0 Å². The lowest BCUT2D eigenvalue weighted by atomic mass is 10.1. The van der Waals surface area contributed by atoms with Crippen molar-refractivity contribution >= 4 is 23.9 Å². The molecule has 0 bridgehead atoms. The summed E-state index contributed by atoms with van der Waals surface area (Å²) in [6, 6.07) is 12.1. The van der Waals surface area contributed by atoms with Gasteiger partial charge < -0.3 is 14.6 Å². The van der Waals surface area contributed by atoms with Crippen molar-refractivity contribution in [1.82, 2.24) is 0 Å². The van der Waals surface area contributed by atoms with Crippen LogP contribution >= 0.6 is 0 Å². The number of para-hydroxylation sites is 1. The van der Waals surface area contributed by atoms with E-state index in [1.54, 1.807) is 30.3 Å². The zero-order valence-electron chi connectivity index (χ0n) is 12.8. The number of hydrogen-bond donors (Lipinski definition) is 1. The predicted octanol–water partition coefficient (Wildman–Crippen LogP) is 2.63. The lowest BCUT2D eigenvalue weighted by molar-refractivity contribution is -0.139. The van der Waals surface area contributed by atoms with Crippen LogP contribution in [0.4, 0.5) is 4.39 Å². The Morgan fingerprint density at radius 3 is 2.80 bits per heavy atom. The summed E-state index contributed by atoms with van der Waals surface area (Å²) in [6.07, 6.45) is 1.42. The molecule has 2 aromatic carbocycles. The van der Waals surface area contributed by atoms with Gasteiger partial charge >= 0.3 is 11.9 Å². The van der Waals surface area contributed by atoms with Gasteiger partial charge in [-0.05, 0) is 30.3 Å². The number of aliphatic imine (C=N–C) groups is 1. The second kappa shape index (κ2) is 6.96. The normalized spacial score (nSPS) is 15.0. The molecule has 2 aromatic rings. The van der Waals surface area contributed by atoms with Crippen LogP contribution in [0.5, 0.6) is 5.75 Å². The monoisotopic (exact) mass is 341 g/mol. The largest absolute Gasteiger partial charge is 0.481 e. The van der Waals surface area contributed by atoms with Gasteiger partial charge in [0.05, 0.1) is 0 Å². The topological polar surface area (TPSA) is 85.2 Å². The molecule has 7 heteroatoms. The van der Waals surface area contributed by atoms with E-state index in [4.69, 9.17) is 14.6 Å². The lowest BCUT2D eigenvalue weighted by Gasteiger charge is -2.06. The van der Waals surface area contributed by atoms with Crippen molar-refractivity contribution in [3.8, 4) is 5.75 Å². The van der Waals surface area contributed by atoms with Gasteiger partial charge in [-0.25, -0.2) is 19.0 Å². The molecule has 0 atom stereocenters. The van der Waals surface area contributed by atoms with Crippen molar-refractivity contribution in [3.05, 3.63) is 71.2 Å². The maximum atomic E-state index is 13.3. The SMILES string of the molecule is O=C(O)COc1ccccc1/C=C1\N=C(c2cccc(F)c2)OC1=O. The highest BCUT2D eigenvalue weighted by Gasteiger charge is 2.24. The Bertz CT molecular complexity index is 904. The Hall–Kier alpha value is -3.48. The van der Waals surface area contributed by atoms with Crippen molar-refractivity contribution in [2.75, 3.05) is 6.61 Å². The first-order chi connectivity index (χ1) is 12.0. The molecule has 1 aliphatic rings. The molecule has 1 N–H and O–H groups in total. The fraction of sp³-hybridized carbons (Fsp3) is 0.0556. The Kier molecular flexibility index (Phi) is 4.56. The molecular formula is C18H12FNO5. The number of rotatable bonds is 5. The van der Waals surface area contributed by atoms with E-state index in [0.717, 1.165) is 0 Å². The second-order valence-corrected chi connectivity index (χ2v) is 5.07. The Morgan fingerprint density at radius 1 is 1.24 bits per heavy atom. The van der Waals surface area contributed by atoms with E-state index in [1.807, 2.05) is 0 Å². The van der Waals surface area contributed by atoms with Crippen LogP contribution < -0.4 is 4.74 Å². The fourth-order valence-corrected chi connectivity index (χ4v) is 2.17. The van der Waals surface area contributed by atoms with Crippen molar-refractivity contribution < 1.29 is 28.6 Å². The average molecular weight is 341 g/mol. The van der Waals surface area contributed by atoms with Gasteiger partial charge in [-0.15, -0.1) is 0 Å². The van der Waals surface area contributed by atoms with Crippen LogP contribution in [0.2, 0.25) is 0 Å². The zero-order chi connectivity index (χ0) is 17.8. The predicted molar refractivity (Wildman–Crippen MR) is 86.6 cm³/mol. The lowest BCUT2D eigenvalue weighted by Crippen LogP contribution is -2.10. The van der Waals surface area contributed by atoms with Crippen LogP contribution in [0, 0.1) is 5.82 Å². The first-order valence-corrected chi connectivity index (χ1v) is 7.25. The van der Waals surface area contributed by atoms with Crippen molar-refractivity contribution in [2.24, 2.45) is 4.99 Å². The standard InChI is InChI=1S/C18H12FNO5/c19-13-6-3-5-12(8-13)17-20-14(18(23)25-17)9-11-4-1-2-7-15(11)24-10-16(21)22/h1-9H,10H2,(H,21,22)/b14-9-. The van der Waals surface area contributed by atoms with Crippen LogP contribution in [-0.2, 0) is 14.3 Å². The second-order valence-electron chi connectivity index (χ2n) is 5.07. The van der Waals surface area contributed by atoms with Gasteiger partial charge in [-0.3, -0.25) is 0 Å². The maximum Gasteiger partial charge on any atom is 0.363 e. The summed E-state index contributed by atoms with van der Waals surface area (Å²) in [7, 11) is 0. The molecule has 3 rings (SSSR count). The summed E-state index contributed by atoms with van der Waals surface area (Å²) in [5.74, 6) is -1.98. The minimum absolute atomic E-state index is 0.000291. The number of carboxylic acid groups (broad SMARTS) is 1. The van der Waals surface area contributed by atoms with E-state index in [2.05, 4.69) is 4.99 Å². The minimum atomic E-state index is -1.12. The first kappa shape index (κ1) is 16.4. The van der Waals surface area contributed by atoms with E-state index in [0.29, 0.717) is 16.9 Å².